The molecule has 0 unspecified atom stereocenters. The highest BCUT2D eigenvalue weighted by Gasteiger charge is 2.23. The smallest absolute Gasteiger partial charge is 0.293 e. The topological polar surface area (TPSA) is 125 Å². The SMILES string of the molecule is COC[C@H]1CC[C@@H](CNc2ccc(S(N)(=O)=O)cc2[N+](=O)[O-])CC1. The van der Waals surface area contributed by atoms with Gasteiger partial charge in [-0.2, -0.15) is 0 Å². The molecule has 0 atom stereocenters. The fraction of sp³-hybridized carbons (Fsp3) is 0.600. The Labute approximate surface area is 141 Å². The first kappa shape index (κ1) is 18.6. The van der Waals surface area contributed by atoms with Gasteiger partial charge in [-0.25, -0.2) is 13.6 Å². The van der Waals surface area contributed by atoms with Gasteiger partial charge >= 0.3 is 0 Å². The van der Waals surface area contributed by atoms with Gasteiger partial charge in [-0.1, -0.05) is 0 Å². The normalized spacial score (nSPS) is 21.4. The number of nitrogens with one attached hydrogen (secondary N) is 1. The maximum absolute atomic E-state index is 11.3. The van der Waals surface area contributed by atoms with Gasteiger partial charge in [0, 0.05) is 26.3 Å². The summed E-state index contributed by atoms with van der Waals surface area (Å²) in [6.07, 6.45) is 4.27. The number of hydrogen-bond acceptors (Lipinski definition) is 6. The van der Waals surface area contributed by atoms with Gasteiger partial charge in [0.15, 0.2) is 0 Å². The molecule has 3 N–H and O–H groups in total. The lowest BCUT2D eigenvalue weighted by Crippen LogP contribution is -2.23. The van der Waals surface area contributed by atoms with E-state index in [4.69, 9.17) is 9.88 Å². The summed E-state index contributed by atoms with van der Waals surface area (Å²) in [5.74, 6) is 1.03. The molecule has 0 aliphatic heterocycles. The molecule has 9 heteroatoms. The summed E-state index contributed by atoms with van der Waals surface area (Å²) in [4.78, 5) is 10.3. The van der Waals surface area contributed by atoms with E-state index >= 15 is 0 Å². The first-order valence-electron chi connectivity index (χ1n) is 7.85. The molecule has 8 nitrogen and oxygen atoms in total. The van der Waals surface area contributed by atoms with Crippen LogP contribution >= 0.6 is 0 Å². The first-order valence-corrected chi connectivity index (χ1v) is 9.40. The molecule has 0 aromatic heterocycles. The number of sulfonamides is 1. The fourth-order valence-electron chi connectivity index (χ4n) is 3.08. The second-order valence-corrected chi connectivity index (χ2v) is 7.77. The molecule has 0 amide bonds. The number of ether oxygens (including phenoxy) is 1. The highest BCUT2D eigenvalue weighted by atomic mass is 32.2. The second kappa shape index (κ2) is 7.91. The number of benzene rings is 1. The zero-order chi connectivity index (χ0) is 17.7. The van der Waals surface area contributed by atoms with E-state index in [1.165, 1.54) is 12.1 Å². The fourth-order valence-corrected chi connectivity index (χ4v) is 3.61. The Kier molecular flexibility index (Phi) is 6.14. The number of nitro groups is 1. The van der Waals surface area contributed by atoms with E-state index < -0.39 is 14.9 Å². The molecule has 0 heterocycles. The molecule has 1 aliphatic rings. The third kappa shape index (κ3) is 4.89. The number of nitro benzene ring substituents is 1. The standard InChI is InChI=1S/C15H23N3O5S/c1-23-10-12-4-2-11(3-5-12)9-17-14-7-6-13(24(16,21)22)8-15(14)18(19)20/h6-8,11-12,17H,2-5,9-10H2,1H3,(H2,16,21,22)/t11-,12+. The molecule has 1 aliphatic carbocycles. The van der Waals surface area contributed by atoms with E-state index in [0.29, 0.717) is 24.1 Å². The molecule has 2 rings (SSSR count). The lowest BCUT2D eigenvalue weighted by molar-refractivity contribution is -0.384. The van der Waals surface area contributed by atoms with Crippen LogP contribution in [0.15, 0.2) is 23.1 Å². The Hall–Kier alpha value is -1.71. The summed E-state index contributed by atoms with van der Waals surface area (Å²) < 4.78 is 27.8. The van der Waals surface area contributed by atoms with E-state index in [1.54, 1.807) is 7.11 Å². The van der Waals surface area contributed by atoms with Gasteiger partial charge in [-0.15, -0.1) is 0 Å². The zero-order valence-corrected chi connectivity index (χ0v) is 14.4. The maximum Gasteiger partial charge on any atom is 0.293 e. The van der Waals surface area contributed by atoms with Crippen LogP contribution < -0.4 is 10.5 Å². The van der Waals surface area contributed by atoms with Crippen LogP contribution in [0.2, 0.25) is 0 Å². The van der Waals surface area contributed by atoms with Crippen molar-refractivity contribution >= 4 is 21.4 Å². The quantitative estimate of drug-likeness (QED) is 0.569. The van der Waals surface area contributed by atoms with Gasteiger partial charge in [0.05, 0.1) is 9.82 Å². The van der Waals surface area contributed by atoms with E-state index in [9.17, 15) is 18.5 Å². The average Bonchev–Trinajstić information content (AvgIpc) is 2.53. The van der Waals surface area contributed by atoms with Gasteiger partial charge in [-0.05, 0) is 49.7 Å². The number of nitrogens with two attached hydrogens (primary N) is 1. The third-order valence-corrected chi connectivity index (χ3v) is 5.36. The molecule has 0 spiro atoms. The number of anilines is 1. The molecule has 1 fully saturated rings. The monoisotopic (exact) mass is 357 g/mol. The predicted molar refractivity (Wildman–Crippen MR) is 90.3 cm³/mol. The third-order valence-electron chi connectivity index (χ3n) is 4.44. The molecule has 1 saturated carbocycles. The Balaban J connectivity index is 2.01. The minimum absolute atomic E-state index is 0.264. The number of primary sulfonamides is 1. The molecule has 1 aromatic rings. The van der Waals surface area contributed by atoms with Crippen LogP contribution in [0.25, 0.3) is 0 Å². The van der Waals surface area contributed by atoms with Crippen LogP contribution in [-0.2, 0) is 14.8 Å². The summed E-state index contributed by atoms with van der Waals surface area (Å²) in [5, 5.41) is 19.3. The van der Waals surface area contributed by atoms with Crippen molar-refractivity contribution in [2.75, 3.05) is 25.6 Å². The van der Waals surface area contributed by atoms with Crippen molar-refractivity contribution in [3.8, 4) is 0 Å². The molecule has 0 radical (unpaired) electrons. The minimum Gasteiger partial charge on any atom is -0.384 e. The van der Waals surface area contributed by atoms with Crippen molar-refractivity contribution in [3.05, 3.63) is 28.3 Å². The van der Waals surface area contributed by atoms with Crippen molar-refractivity contribution in [3.63, 3.8) is 0 Å². The average molecular weight is 357 g/mol. The zero-order valence-electron chi connectivity index (χ0n) is 13.6. The number of rotatable bonds is 7. The Morgan fingerprint density at radius 1 is 1.29 bits per heavy atom. The van der Waals surface area contributed by atoms with E-state index in [1.807, 2.05) is 0 Å². The molecule has 24 heavy (non-hydrogen) atoms. The van der Waals surface area contributed by atoms with Crippen LogP contribution in [0.3, 0.4) is 0 Å². The van der Waals surface area contributed by atoms with Crippen LogP contribution in [0.1, 0.15) is 25.7 Å². The van der Waals surface area contributed by atoms with E-state index in [0.717, 1.165) is 38.4 Å². The highest BCUT2D eigenvalue weighted by Crippen LogP contribution is 2.31. The van der Waals surface area contributed by atoms with Crippen molar-refractivity contribution in [2.45, 2.75) is 30.6 Å². The maximum atomic E-state index is 11.3. The summed E-state index contributed by atoms with van der Waals surface area (Å²) in [7, 11) is -2.26. The second-order valence-electron chi connectivity index (χ2n) is 6.20. The largest absolute Gasteiger partial charge is 0.384 e. The molecule has 0 bridgehead atoms. The van der Waals surface area contributed by atoms with Crippen LogP contribution in [0.5, 0.6) is 0 Å². The summed E-state index contributed by atoms with van der Waals surface area (Å²) in [6.45, 7) is 1.40. The number of nitrogens with zero attached hydrogens (tertiary/aromatic N) is 1. The van der Waals surface area contributed by atoms with Gasteiger partial charge < -0.3 is 10.1 Å². The summed E-state index contributed by atoms with van der Waals surface area (Å²) in [6, 6.07) is 3.67. The summed E-state index contributed by atoms with van der Waals surface area (Å²) >= 11 is 0. The van der Waals surface area contributed by atoms with Crippen LogP contribution in [-0.4, -0.2) is 33.6 Å². The lowest BCUT2D eigenvalue weighted by atomic mass is 9.82. The molecule has 0 saturated heterocycles. The van der Waals surface area contributed by atoms with E-state index in [-0.39, 0.29) is 10.6 Å². The van der Waals surface area contributed by atoms with Crippen molar-refractivity contribution in [1.82, 2.24) is 0 Å². The van der Waals surface area contributed by atoms with Crippen LogP contribution in [0.4, 0.5) is 11.4 Å². The number of methoxy groups -OCH3 is 1. The molecule has 1 aromatic carbocycles. The molecular weight excluding hydrogens is 334 g/mol. The van der Waals surface area contributed by atoms with Gasteiger partial charge in [0.25, 0.3) is 5.69 Å². The first-order chi connectivity index (χ1) is 11.3. The number of hydrogen-bond donors (Lipinski definition) is 2. The highest BCUT2D eigenvalue weighted by molar-refractivity contribution is 7.89. The van der Waals surface area contributed by atoms with Crippen molar-refractivity contribution in [2.24, 2.45) is 17.0 Å². The van der Waals surface area contributed by atoms with Gasteiger partial charge in [0.1, 0.15) is 5.69 Å². The molecular formula is C15H23N3O5S. The van der Waals surface area contributed by atoms with Crippen LogP contribution in [0, 0.1) is 22.0 Å². The Morgan fingerprint density at radius 2 is 1.92 bits per heavy atom. The van der Waals surface area contributed by atoms with Gasteiger partial charge in [0.2, 0.25) is 10.0 Å². The Morgan fingerprint density at radius 3 is 2.46 bits per heavy atom. The predicted octanol–water partition coefficient (Wildman–Crippen LogP) is 2.11. The van der Waals surface area contributed by atoms with Gasteiger partial charge in [-0.3, -0.25) is 10.1 Å². The Bertz CT molecular complexity index is 684. The molecule has 134 valence electrons. The summed E-state index contributed by atoms with van der Waals surface area (Å²) in [5.41, 5.74) is 0.0287. The van der Waals surface area contributed by atoms with Crippen molar-refractivity contribution < 1.29 is 18.1 Å². The van der Waals surface area contributed by atoms with Crippen molar-refractivity contribution in [1.29, 1.82) is 0 Å². The lowest BCUT2D eigenvalue weighted by Gasteiger charge is -2.28. The minimum atomic E-state index is -3.97. The van der Waals surface area contributed by atoms with E-state index in [2.05, 4.69) is 5.32 Å².